The van der Waals surface area contributed by atoms with Gasteiger partial charge in [0, 0.05) is 25.2 Å². The topological polar surface area (TPSA) is 52.7 Å². The maximum Gasteiger partial charge on any atom is 0.416 e. The summed E-state index contributed by atoms with van der Waals surface area (Å²) < 4.78 is 51.7. The molecule has 3 amide bonds. The molecule has 0 aromatic heterocycles. The highest BCUT2D eigenvalue weighted by atomic mass is 19.4. The predicted octanol–water partition coefficient (Wildman–Crippen LogP) is 3.66. The third-order valence-corrected chi connectivity index (χ3v) is 4.93. The zero-order chi connectivity index (χ0) is 19.6. The second-order valence-corrected chi connectivity index (χ2v) is 6.89. The van der Waals surface area contributed by atoms with Gasteiger partial charge < -0.3 is 15.1 Å². The van der Waals surface area contributed by atoms with Crippen LogP contribution >= 0.6 is 0 Å². The molecule has 5 nitrogen and oxygen atoms in total. The van der Waals surface area contributed by atoms with Crippen molar-refractivity contribution in [3.8, 4) is 0 Å². The summed E-state index contributed by atoms with van der Waals surface area (Å²) in [7, 11) is 0. The van der Waals surface area contributed by atoms with Gasteiger partial charge in [-0.15, -0.1) is 0 Å². The van der Waals surface area contributed by atoms with Crippen molar-refractivity contribution in [3.05, 3.63) is 29.8 Å². The molecule has 1 N–H and O–H groups in total. The van der Waals surface area contributed by atoms with E-state index in [1.807, 2.05) is 0 Å². The fourth-order valence-electron chi connectivity index (χ4n) is 3.51. The van der Waals surface area contributed by atoms with Crippen LogP contribution in [0.5, 0.6) is 0 Å². The molecule has 0 spiro atoms. The van der Waals surface area contributed by atoms with Crippen molar-refractivity contribution in [1.29, 1.82) is 0 Å². The number of carbonyl (C=O) groups excluding carboxylic acids is 2. The average Bonchev–Trinajstić information content (AvgIpc) is 3.03. The van der Waals surface area contributed by atoms with E-state index in [4.69, 9.17) is 0 Å². The highest BCUT2D eigenvalue weighted by Gasteiger charge is 2.41. The number of urea groups is 1. The van der Waals surface area contributed by atoms with Crippen LogP contribution in [0.3, 0.4) is 0 Å². The quantitative estimate of drug-likeness (QED) is 0.788. The van der Waals surface area contributed by atoms with Gasteiger partial charge in [0.05, 0.1) is 12.1 Å². The molecule has 0 aliphatic carbocycles. The maximum atomic E-state index is 13.9. The minimum absolute atomic E-state index is 0.0598. The summed E-state index contributed by atoms with van der Waals surface area (Å²) in [5, 5.41) is 2.45. The molecule has 2 aliphatic heterocycles. The molecule has 0 saturated carbocycles. The fraction of sp³-hybridized carbons (Fsp3) is 0.556. The van der Waals surface area contributed by atoms with Gasteiger partial charge in [0.25, 0.3) is 0 Å². The van der Waals surface area contributed by atoms with E-state index in [0.29, 0.717) is 13.1 Å². The molecule has 2 unspecified atom stereocenters. The summed E-state index contributed by atoms with van der Waals surface area (Å²) in [6, 6.07) is 2.40. The Hall–Kier alpha value is -2.32. The number of anilines is 1. The van der Waals surface area contributed by atoms with Crippen LogP contribution in [-0.4, -0.2) is 53.6 Å². The van der Waals surface area contributed by atoms with Crippen LogP contribution in [-0.2, 0) is 11.0 Å². The largest absolute Gasteiger partial charge is 0.416 e. The molecule has 27 heavy (non-hydrogen) atoms. The van der Waals surface area contributed by atoms with Crippen LogP contribution in [0.2, 0.25) is 0 Å². The highest BCUT2D eigenvalue weighted by molar-refractivity contribution is 5.94. The Kier molecular flexibility index (Phi) is 5.57. The van der Waals surface area contributed by atoms with Gasteiger partial charge in [-0.1, -0.05) is 0 Å². The van der Waals surface area contributed by atoms with Gasteiger partial charge in [0.2, 0.25) is 5.91 Å². The Balaban J connectivity index is 1.67. The van der Waals surface area contributed by atoms with Gasteiger partial charge >= 0.3 is 12.2 Å². The molecule has 0 radical (unpaired) electrons. The van der Waals surface area contributed by atoms with Crippen LogP contribution in [0.25, 0.3) is 0 Å². The van der Waals surface area contributed by atoms with Gasteiger partial charge in [0.15, 0.2) is 0 Å². The lowest BCUT2D eigenvalue weighted by Crippen LogP contribution is -2.50. The highest BCUT2D eigenvalue weighted by Crippen LogP contribution is 2.30. The predicted molar refractivity (Wildman–Crippen MR) is 90.9 cm³/mol. The van der Waals surface area contributed by atoms with Crippen LogP contribution < -0.4 is 5.32 Å². The van der Waals surface area contributed by atoms with Crippen molar-refractivity contribution < 1.29 is 27.2 Å². The van der Waals surface area contributed by atoms with Gasteiger partial charge in [-0.2, -0.15) is 13.2 Å². The Morgan fingerprint density at radius 3 is 2.26 bits per heavy atom. The zero-order valence-corrected chi connectivity index (χ0v) is 14.6. The first-order valence-corrected chi connectivity index (χ1v) is 8.93. The van der Waals surface area contributed by atoms with E-state index < -0.39 is 30.0 Å². The summed E-state index contributed by atoms with van der Waals surface area (Å²) in [6.45, 7) is 0.984. The summed E-state index contributed by atoms with van der Waals surface area (Å²) in [5.41, 5.74) is -0.678. The zero-order valence-electron chi connectivity index (χ0n) is 14.6. The molecule has 2 atom stereocenters. The number of nitrogens with zero attached hydrogens (tertiary/aromatic N) is 2. The van der Waals surface area contributed by atoms with Crippen LogP contribution in [0.1, 0.15) is 31.2 Å². The first-order valence-electron chi connectivity index (χ1n) is 8.93. The first kappa shape index (κ1) is 19.4. The molecule has 9 heteroatoms. The monoisotopic (exact) mass is 387 g/mol. The summed E-state index contributed by atoms with van der Waals surface area (Å²) in [5.74, 6) is -0.266. The maximum absolute atomic E-state index is 13.9. The second-order valence-electron chi connectivity index (χ2n) is 6.89. The van der Waals surface area contributed by atoms with Crippen molar-refractivity contribution in [2.24, 2.45) is 0 Å². The lowest BCUT2D eigenvalue weighted by atomic mass is 10.1. The number of hydrogen-bond donors (Lipinski definition) is 1. The second kappa shape index (κ2) is 7.74. The third-order valence-electron chi connectivity index (χ3n) is 4.93. The number of halogens is 4. The van der Waals surface area contributed by atoms with E-state index >= 15 is 0 Å². The Morgan fingerprint density at radius 2 is 1.67 bits per heavy atom. The number of amides is 3. The summed E-state index contributed by atoms with van der Waals surface area (Å²) >= 11 is 0. The van der Waals surface area contributed by atoms with E-state index in [1.165, 1.54) is 0 Å². The standard InChI is InChI=1S/C18H21F4N3O2/c19-13-10-15(16(26)24-8-2-1-3-9-24)25(11-13)17(27)23-14-6-4-12(5-7-14)18(20,21)22/h4-7,13,15H,1-3,8-11H2,(H,23,27). The van der Waals surface area contributed by atoms with Crippen LogP contribution in [0.15, 0.2) is 24.3 Å². The summed E-state index contributed by atoms with van der Waals surface area (Å²) in [6.07, 6.45) is -3.02. The minimum atomic E-state index is -4.47. The number of alkyl halides is 4. The number of rotatable bonds is 2. The number of carbonyl (C=O) groups is 2. The fourth-order valence-corrected chi connectivity index (χ4v) is 3.51. The van der Waals surface area contributed by atoms with Crippen molar-refractivity contribution >= 4 is 17.6 Å². The van der Waals surface area contributed by atoms with Crippen molar-refractivity contribution in [2.45, 2.75) is 44.1 Å². The molecule has 1 aromatic carbocycles. The molecular weight excluding hydrogens is 366 g/mol. The van der Waals surface area contributed by atoms with E-state index in [1.54, 1.807) is 4.90 Å². The van der Waals surface area contributed by atoms with E-state index in [-0.39, 0.29) is 24.6 Å². The molecular formula is C18H21F4N3O2. The molecule has 2 heterocycles. The molecule has 2 saturated heterocycles. The van der Waals surface area contributed by atoms with Crippen LogP contribution in [0.4, 0.5) is 28.0 Å². The molecule has 148 valence electrons. The Bertz CT molecular complexity index is 687. The minimum Gasteiger partial charge on any atom is -0.341 e. The number of hydrogen-bond acceptors (Lipinski definition) is 2. The average molecular weight is 387 g/mol. The Morgan fingerprint density at radius 1 is 1.04 bits per heavy atom. The molecule has 2 aliphatic rings. The number of nitrogens with one attached hydrogen (secondary N) is 1. The summed E-state index contributed by atoms with van der Waals surface area (Å²) in [4.78, 5) is 28.0. The normalized spacial score (nSPS) is 23.4. The van der Waals surface area contributed by atoms with Crippen molar-refractivity contribution in [2.75, 3.05) is 25.0 Å². The van der Waals surface area contributed by atoms with Gasteiger partial charge in [-0.05, 0) is 43.5 Å². The number of piperidine rings is 1. The lowest BCUT2D eigenvalue weighted by Gasteiger charge is -2.32. The molecule has 3 rings (SSSR count). The number of benzene rings is 1. The lowest BCUT2D eigenvalue weighted by molar-refractivity contribution is -0.137. The van der Waals surface area contributed by atoms with Gasteiger partial charge in [-0.25, -0.2) is 9.18 Å². The Labute approximate surface area is 154 Å². The van der Waals surface area contributed by atoms with Gasteiger partial charge in [0.1, 0.15) is 12.2 Å². The smallest absolute Gasteiger partial charge is 0.341 e. The molecule has 2 fully saturated rings. The van der Waals surface area contributed by atoms with Crippen LogP contribution in [0, 0.1) is 0 Å². The SMILES string of the molecule is O=C(C1CC(F)CN1C(=O)Nc1ccc(C(F)(F)F)cc1)N1CCCCC1. The molecule has 1 aromatic rings. The van der Waals surface area contributed by atoms with E-state index in [0.717, 1.165) is 48.4 Å². The van der Waals surface area contributed by atoms with Gasteiger partial charge in [-0.3, -0.25) is 4.79 Å². The van der Waals surface area contributed by atoms with E-state index in [2.05, 4.69) is 5.32 Å². The third kappa shape index (κ3) is 4.51. The van der Waals surface area contributed by atoms with Crippen molar-refractivity contribution in [1.82, 2.24) is 9.80 Å². The number of likely N-dealkylation sites (tertiary alicyclic amines) is 2. The van der Waals surface area contributed by atoms with Crippen molar-refractivity contribution in [3.63, 3.8) is 0 Å². The molecule has 0 bridgehead atoms. The van der Waals surface area contributed by atoms with E-state index in [9.17, 15) is 27.2 Å². The first-order chi connectivity index (χ1) is 12.8.